The van der Waals surface area contributed by atoms with Crippen LogP contribution in [0.25, 0.3) is 6.08 Å². The Morgan fingerprint density at radius 2 is 1.73 bits per heavy atom. The van der Waals surface area contributed by atoms with Crippen LogP contribution in [0, 0.1) is 3.57 Å². The minimum Gasteiger partial charge on any atom is -0.494 e. The van der Waals surface area contributed by atoms with Crippen molar-refractivity contribution in [2.75, 3.05) is 19.8 Å². The first kappa shape index (κ1) is 22.5. The number of nitrogens with zero attached hydrogens (tertiary/aromatic N) is 1. The van der Waals surface area contributed by atoms with Crippen molar-refractivity contribution in [3.63, 3.8) is 0 Å². The average Bonchev–Trinajstić information content (AvgIpc) is 3.05. The van der Waals surface area contributed by atoms with Crippen molar-refractivity contribution in [1.82, 2.24) is 5.32 Å². The van der Waals surface area contributed by atoms with Gasteiger partial charge in [-0.15, -0.1) is 0 Å². The first-order chi connectivity index (χ1) is 14.5. The number of hydrogen-bond acceptors (Lipinski definition) is 6. The molecule has 1 fully saturated rings. The summed E-state index contributed by atoms with van der Waals surface area (Å²) in [5.74, 6) is 2.01. The van der Waals surface area contributed by atoms with Gasteiger partial charge in [0.15, 0.2) is 16.7 Å². The molecule has 8 heteroatoms. The molecule has 0 aromatic heterocycles. The molecule has 1 aliphatic heterocycles. The Balaban J connectivity index is 1.82. The quantitative estimate of drug-likeness (QED) is 0.361. The summed E-state index contributed by atoms with van der Waals surface area (Å²) in [6.07, 6.45) is 1.83. The number of ether oxygens (including phenoxy) is 3. The molecule has 1 N–H and O–H groups in total. The summed E-state index contributed by atoms with van der Waals surface area (Å²) in [6, 6.07) is 11.3. The maximum atomic E-state index is 12.4. The van der Waals surface area contributed by atoms with E-state index in [9.17, 15) is 4.79 Å². The smallest absolute Gasteiger partial charge is 0.264 e. The zero-order chi connectivity index (χ0) is 21.5. The van der Waals surface area contributed by atoms with Gasteiger partial charge in [-0.3, -0.25) is 4.79 Å². The van der Waals surface area contributed by atoms with Gasteiger partial charge in [0.25, 0.3) is 5.91 Å². The lowest BCUT2D eigenvalue weighted by molar-refractivity contribution is -0.115. The number of nitrogens with one attached hydrogen (secondary N) is 1. The van der Waals surface area contributed by atoms with Crippen molar-refractivity contribution in [3.05, 3.63) is 50.4 Å². The predicted octanol–water partition coefficient (Wildman–Crippen LogP) is 5.38. The van der Waals surface area contributed by atoms with E-state index < -0.39 is 0 Å². The fourth-order valence-corrected chi connectivity index (χ4v) is 4.37. The Kier molecular flexibility index (Phi) is 8.03. The van der Waals surface area contributed by atoms with Gasteiger partial charge >= 0.3 is 0 Å². The molecule has 0 spiro atoms. The van der Waals surface area contributed by atoms with Crippen molar-refractivity contribution < 1.29 is 19.0 Å². The van der Waals surface area contributed by atoms with E-state index in [4.69, 9.17) is 14.2 Å². The molecule has 2 aromatic rings. The molecule has 1 heterocycles. The molecular weight excluding hydrogens is 515 g/mol. The van der Waals surface area contributed by atoms with Gasteiger partial charge in [-0.1, -0.05) is 0 Å². The third-order valence-electron chi connectivity index (χ3n) is 3.95. The Labute approximate surface area is 194 Å². The van der Waals surface area contributed by atoms with Crippen LogP contribution in [0.4, 0.5) is 5.69 Å². The fraction of sp³-hybridized carbons (Fsp3) is 0.273. The van der Waals surface area contributed by atoms with Gasteiger partial charge in [-0.05, 0) is 103 Å². The summed E-state index contributed by atoms with van der Waals surface area (Å²) in [7, 11) is 0. The highest BCUT2D eigenvalue weighted by molar-refractivity contribution is 14.1. The Morgan fingerprint density at radius 3 is 2.40 bits per heavy atom. The van der Waals surface area contributed by atoms with Crippen LogP contribution in [0.1, 0.15) is 26.3 Å². The standard InChI is InChI=1S/C22H23IN2O4S/c1-4-27-16-9-7-15(8-10-16)24-22-25-21(26)19(30-22)13-14-11-17(23)20(29-6-3)18(12-14)28-5-2/h7-13H,4-6H2,1-3H3,(H,24,25,26)/b19-13+. The normalized spacial score (nSPS) is 16.1. The largest absolute Gasteiger partial charge is 0.494 e. The summed E-state index contributed by atoms with van der Waals surface area (Å²) in [5, 5.41) is 3.36. The number of benzene rings is 2. The highest BCUT2D eigenvalue weighted by Crippen LogP contribution is 2.36. The summed E-state index contributed by atoms with van der Waals surface area (Å²) in [6.45, 7) is 7.51. The molecule has 0 unspecified atom stereocenters. The van der Waals surface area contributed by atoms with Gasteiger partial charge in [0, 0.05) is 0 Å². The molecule has 1 aliphatic rings. The van der Waals surface area contributed by atoms with E-state index in [0.717, 1.165) is 26.3 Å². The van der Waals surface area contributed by atoms with Crippen LogP contribution >= 0.6 is 34.4 Å². The van der Waals surface area contributed by atoms with Crippen LogP contribution in [0.5, 0.6) is 17.2 Å². The molecule has 1 saturated heterocycles. The van der Waals surface area contributed by atoms with Gasteiger partial charge in [-0.2, -0.15) is 0 Å². The lowest BCUT2D eigenvalue weighted by Gasteiger charge is -2.13. The molecule has 158 valence electrons. The topological polar surface area (TPSA) is 69.2 Å². The van der Waals surface area contributed by atoms with E-state index in [2.05, 4.69) is 32.9 Å². The number of thioether (sulfide) groups is 1. The highest BCUT2D eigenvalue weighted by atomic mass is 127. The second-order valence-electron chi connectivity index (χ2n) is 6.10. The Morgan fingerprint density at radius 1 is 1.03 bits per heavy atom. The predicted molar refractivity (Wildman–Crippen MR) is 130 cm³/mol. The van der Waals surface area contributed by atoms with Crippen LogP contribution < -0.4 is 19.5 Å². The van der Waals surface area contributed by atoms with Crippen molar-refractivity contribution in [2.24, 2.45) is 4.99 Å². The molecule has 0 atom stereocenters. The van der Waals surface area contributed by atoms with Gasteiger partial charge in [0.05, 0.1) is 34.0 Å². The zero-order valence-corrected chi connectivity index (χ0v) is 20.0. The summed E-state index contributed by atoms with van der Waals surface area (Å²) >= 11 is 3.53. The first-order valence-corrected chi connectivity index (χ1v) is 11.5. The first-order valence-electron chi connectivity index (χ1n) is 9.65. The van der Waals surface area contributed by atoms with Crippen LogP contribution in [-0.2, 0) is 4.79 Å². The van der Waals surface area contributed by atoms with Crippen molar-refractivity contribution in [3.8, 4) is 17.2 Å². The molecule has 0 radical (unpaired) electrons. The van der Waals surface area contributed by atoms with Gasteiger partial charge in [-0.25, -0.2) is 4.99 Å². The van der Waals surface area contributed by atoms with Gasteiger partial charge < -0.3 is 19.5 Å². The minimum absolute atomic E-state index is 0.175. The van der Waals surface area contributed by atoms with Crippen LogP contribution in [0.3, 0.4) is 0 Å². The number of rotatable bonds is 8. The lowest BCUT2D eigenvalue weighted by atomic mass is 10.2. The molecule has 1 amide bonds. The van der Waals surface area contributed by atoms with E-state index >= 15 is 0 Å². The molecular formula is C22H23IN2O4S. The van der Waals surface area contributed by atoms with Crippen LogP contribution in [0.15, 0.2) is 46.3 Å². The number of amidine groups is 1. The van der Waals surface area contributed by atoms with E-state index in [1.807, 2.05) is 63.2 Å². The van der Waals surface area contributed by atoms with Crippen LogP contribution in [-0.4, -0.2) is 30.9 Å². The van der Waals surface area contributed by atoms with E-state index in [1.165, 1.54) is 11.8 Å². The van der Waals surface area contributed by atoms with Crippen molar-refractivity contribution >= 4 is 57.2 Å². The molecule has 0 bridgehead atoms. The lowest BCUT2D eigenvalue weighted by Crippen LogP contribution is -2.19. The number of halogens is 1. The number of amides is 1. The maximum absolute atomic E-state index is 12.4. The second kappa shape index (κ2) is 10.7. The summed E-state index contributed by atoms with van der Waals surface area (Å²) in [4.78, 5) is 17.5. The third kappa shape index (κ3) is 5.69. The third-order valence-corrected chi connectivity index (χ3v) is 5.66. The van der Waals surface area contributed by atoms with Gasteiger partial charge in [0.2, 0.25) is 0 Å². The number of hydrogen-bond donors (Lipinski definition) is 1. The highest BCUT2D eigenvalue weighted by Gasteiger charge is 2.24. The molecule has 0 saturated carbocycles. The maximum Gasteiger partial charge on any atom is 0.264 e. The Bertz CT molecular complexity index is 974. The summed E-state index contributed by atoms with van der Waals surface area (Å²) in [5.41, 5.74) is 1.61. The SMILES string of the molecule is CCOc1ccc(N=C2NC(=O)/C(=C\c3cc(I)c(OCC)c(OCC)c3)S2)cc1. The van der Waals surface area contributed by atoms with Gasteiger partial charge in [0.1, 0.15) is 5.75 Å². The monoisotopic (exact) mass is 538 g/mol. The molecule has 30 heavy (non-hydrogen) atoms. The number of carbonyl (C=O) groups is 1. The Hall–Kier alpha value is -2.20. The van der Waals surface area contributed by atoms with E-state index in [0.29, 0.717) is 35.6 Å². The van der Waals surface area contributed by atoms with E-state index in [1.54, 1.807) is 0 Å². The fourth-order valence-electron chi connectivity index (χ4n) is 2.75. The van der Waals surface area contributed by atoms with Crippen molar-refractivity contribution in [2.45, 2.75) is 20.8 Å². The summed E-state index contributed by atoms with van der Waals surface area (Å²) < 4.78 is 17.8. The molecule has 3 rings (SSSR count). The average molecular weight is 538 g/mol. The van der Waals surface area contributed by atoms with E-state index in [-0.39, 0.29) is 5.91 Å². The molecule has 2 aromatic carbocycles. The number of aliphatic imine (C=N–C) groups is 1. The second-order valence-corrected chi connectivity index (χ2v) is 8.30. The molecule has 0 aliphatic carbocycles. The van der Waals surface area contributed by atoms with Crippen molar-refractivity contribution in [1.29, 1.82) is 0 Å². The number of carbonyl (C=O) groups excluding carboxylic acids is 1. The zero-order valence-electron chi connectivity index (χ0n) is 17.0. The molecule has 6 nitrogen and oxygen atoms in total. The minimum atomic E-state index is -0.175. The van der Waals surface area contributed by atoms with Crippen LogP contribution in [0.2, 0.25) is 0 Å².